The summed E-state index contributed by atoms with van der Waals surface area (Å²) in [5, 5.41) is 32.5. The van der Waals surface area contributed by atoms with Crippen LogP contribution in [0.5, 0.6) is 0 Å². The Morgan fingerprint density at radius 3 is 1.86 bits per heavy atom. The van der Waals surface area contributed by atoms with Crippen molar-refractivity contribution in [3.05, 3.63) is 35.9 Å². The van der Waals surface area contributed by atoms with E-state index in [9.17, 15) is 39.0 Å². The maximum absolute atomic E-state index is 13.8. The molecule has 0 aromatic heterocycles. The highest BCUT2D eigenvalue weighted by molar-refractivity contribution is 7.98. The zero-order valence-corrected chi connectivity index (χ0v) is 30.6. The molecule has 1 rings (SSSR count). The van der Waals surface area contributed by atoms with Gasteiger partial charge in [0.25, 0.3) is 0 Å². The molecule has 1 aromatic carbocycles. The van der Waals surface area contributed by atoms with E-state index in [1.807, 2.05) is 13.2 Å². The number of amides is 5. The first-order chi connectivity index (χ1) is 23.7. The monoisotopic (exact) mass is 723 g/mol. The predicted molar refractivity (Wildman–Crippen MR) is 193 cm³/mol. The van der Waals surface area contributed by atoms with Gasteiger partial charge in [-0.25, -0.2) is 4.79 Å². The molecule has 282 valence electrons. The summed E-state index contributed by atoms with van der Waals surface area (Å²) < 4.78 is 0. The number of carboxylic acids is 1. The molecule has 0 radical (unpaired) electrons. The summed E-state index contributed by atoms with van der Waals surface area (Å²) in [6.45, 7) is 6.63. The lowest BCUT2D eigenvalue weighted by Crippen LogP contribution is -2.61. The van der Waals surface area contributed by atoms with E-state index < -0.39 is 84.3 Å². The van der Waals surface area contributed by atoms with Gasteiger partial charge in [-0.05, 0) is 55.2 Å². The molecule has 0 bridgehead atoms. The van der Waals surface area contributed by atoms with Crippen LogP contribution in [0.1, 0.15) is 65.4 Å². The van der Waals surface area contributed by atoms with Gasteiger partial charge in [0.05, 0.1) is 12.6 Å². The number of aliphatic hydroxyl groups excluding tert-OH is 1. The Balaban J connectivity index is 3.23. The Bertz CT molecular complexity index is 1240. The second-order valence-corrected chi connectivity index (χ2v) is 13.7. The minimum Gasteiger partial charge on any atom is -0.480 e. The first-order valence-corrected chi connectivity index (χ1v) is 18.4. The summed E-state index contributed by atoms with van der Waals surface area (Å²) in [5.41, 5.74) is 12.1. The molecule has 0 aliphatic heterocycles. The maximum Gasteiger partial charge on any atom is 0.326 e. The number of hydrogen-bond donors (Lipinski definition) is 9. The fourth-order valence-corrected chi connectivity index (χ4v) is 5.40. The van der Waals surface area contributed by atoms with Crippen molar-refractivity contribution < 1.29 is 39.0 Å². The number of benzene rings is 1. The molecule has 0 saturated carbocycles. The molecule has 0 saturated heterocycles. The van der Waals surface area contributed by atoms with Gasteiger partial charge < -0.3 is 48.3 Å². The first kappa shape index (κ1) is 44.3. The Kier molecular flexibility index (Phi) is 20.9. The maximum atomic E-state index is 13.8. The molecule has 0 heterocycles. The largest absolute Gasteiger partial charge is 0.480 e. The zero-order chi connectivity index (χ0) is 37.8. The van der Waals surface area contributed by atoms with E-state index in [0.29, 0.717) is 43.5 Å². The first-order valence-electron chi connectivity index (χ1n) is 17.0. The zero-order valence-electron chi connectivity index (χ0n) is 29.8. The average molecular weight is 724 g/mol. The van der Waals surface area contributed by atoms with Gasteiger partial charge in [-0.15, -0.1) is 0 Å². The van der Waals surface area contributed by atoms with Crippen molar-refractivity contribution in [2.75, 3.05) is 25.2 Å². The molecule has 0 unspecified atom stereocenters. The van der Waals surface area contributed by atoms with Crippen molar-refractivity contribution in [3.8, 4) is 0 Å². The number of aliphatic carboxylic acids is 1. The summed E-state index contributed by atoms with van der Waals surface area (Å²) in [4.78, 5) is 78.5. The SMILES string of the molecule is CC[C@H](C)[C@H](NC(=O)[C@H](Cc1ccccc1)NC(=O)[C@@H](NC(=O)[C@H](CO)NC(=O)[C@@H](N)CCCCN)C(C)C)C(=O)N[C@@H](CCSC)C(=O)O. The number of nitrogens with two attached hydrogens (primary N) is 2. The number of carbonyl (C=O) groups excluding carboxylic acids is 5. The molecule has 0 aliphatic rings. The molecule has 0 spiro atoms. The highest BCUT2D eigenvalue weighted by Gasteiger charge is 2.35. The van der Waals surface area contributed by atoms with E-state index in [-0.39, 0.29) is 18.8 Å². The van der Waals surface area contributed by atoms with Crippen LogP contribution in [0.4, 0.5) is 0 Å². The Hall–Kier alpha value is -3.73. The van der Waals surface area contributed by atoms with Crippen LogP contribution < -0.4 is 38.1 Å². The van der Waals surface area contributed by atoms with Gasteiger partial charge in [0, 0.05) is 6.42 Å². The number of rotatable bonds is 24. The molecule has 15 nitrogen and oxygen atoms in total. The highest BCUT2D eigenvalue weighted by atomic mass is 32.2. The van der Waals surface area contributed by atoms with Crippen LogP contribution in [0.15, 0.2) is 30.3 Å². The minimum absolute atomic E-state index is 0.0366. The van der Waals surface area contributed by atoms with E-state index in [1.54, 1.807) is 51.1 Å². The summed E-state index contributed by atoms with van der Waals surface area (Å²) in [5.74, 6) is -5.07. The summed E-state index contributed by atoms with van der Waals surface area (Å²) >= 11 is 1.44. The summed E-state index contributed by atoms with van der Waals surface area (Å²) in [6.07, 6.45) is 4.16. The van der Waals surface area contributed by atoms with Gasteiger partial charge in [-0.3, -0.25) is 24.0 Å². The number of carboxylic acid groups (broad SMARTS) is 1. The second-order valence-electron chi connectivity index (χ2n) is 12.7. The number of nitrogens with one attached hydrogen (secondary N) is 5. The fourth-order valence-electron chi connectivity index (χ4n) is 4.93. The van der Waals surface area contributed by atoms with Crippen LogP contribution in [0.3, 0.4) is 0 Å². The average Bonchev–Trinajstić information content (AvgIpc) is 3.09. The highest BCUT2D eigenvalue weighted by Crippen LogP contribution is 2.12. The summed E-state index contributed by atoms with van der Waals surface area (Å²) in [7, 11) is 0. The minimum atomic E-state index is -1.39. The predicted octanol–water partition coefficient (Wildman–Crippen LogP) is -0.358. The number of carbonyl (C=O) groups is 6. The standard InChI is InChI=1S/C34H57N7O8S/c1-6-21(4)28(33(47)37-24(34(48)49)15-17-50-5)41-30(44)25(18-22-12-8-7-9-13-22)38-32(46)27(20(2)3)40-31(45)26(19-42)39-29(43)23(36)14-10-11-16-35/h7-9,12-13,20-21,23-28,42H,6,10-11,14-19,35-36H2,1-5H3,(H,37,47)(H,38,46)(H,39,43)(H,40,45)(H,41,44)(H,48,49)/t21-,23-,24-,25-,26-,27-,28-/m0/s1. The van der Waals surface area contributed by atoms with Gasteiger partial charge in [0.1, 0.15) is 30.2 Å². The molecule has 0 aliphatic carbocycles. The molecule has 1 aromatic rings. The topological polar surface area (TPSA) is 255 Å². The lowest BCUT2D eigenvalue weighted by Gasteiger charge is -2.29. The molecule has 5 amide bonds. The van der Waals surface area contributed by atoms with Crippen LogP contribution in [-0.2, 0) is 35.2 Å². The van der Waals surface area contributed by atoms with E-state index in [1.165, 1.54) is 11.8 Å². The molecular weight excluding hydrogens is 666 g/mol. The van der Waals surface area contributed by atoms with Crippen LogP contribution >= 0.6 is 11.8 Å². The van der Waals surface area contributed by atoms with E-state index in [4.69, 9.17) is 11.5 Å². The van der Waals surface area contributed by atoms with Crippen molar-refractivity contribution in [1.82, 2.24) is 26.6 Å². The van der Waals surface area contributed by atoms with Crippen LogP contribution in [0, 0.1) is 11.8 Å². The van der Waals surface area contributed by atoms with Gasteiger partial charge in [-0.1, -0.05) is 70.9 Å². The van der Waals surface area contributed by atoms with Crippen LogP contribution in [-0.4, -0.2) is 107 Å². The normalized spacial score (nSPS) is 15.4. The molecule has 11 N–H and O–H groups in total. The quantitative estimate of drug-likeness (QED) is 0.0623. The van der Waals surface area contributed by atoms with Crippen LogP contribution in [0.2, 0.25) is 0 Å². The lowest BCUT2D eigenvalue weighted by molar-refractivity contribution is -0.142. The Morgan fingerprint density at radius 2 is 1.32 bits per heavy atom. The van der Waals surface area contributed by atoms with Crippen molar-refractivity contribution in [2.45, 2.75) is 102 Å². The van der Waals surface area contributed by atoms with Gasteiger partial charge in [0.2, 0.25) is 29.5 Å². The third-order valence-corrected chi connectivity index (χ3v) is 8.95. The van der Waals surface area contributed by atoms with E-state index >= 15 is 0 Å². The number of aliphatic hydroxyl groups is 1. The fraction of sp³-hybridized carbons (Fsp3) is 0.647. The van der Waals surface area contributed by atoms with Crippen molar-refractivity contribution in [3.63, 3.8) is 0 Å². The number of thioether (sulfide) groups is 1. The van der Waals surface area contributed by atoms with Crippen molar-refractivity contribution >= 4 is 47.3 Å². The second kappa shape index (κ2) is 23.6. The van der Waals surface area contributed by atoms with Gasteiger partial charge >= 0.3 is 5.97 Å². The molecule has 50 heavy (non-hydrogen) atoms. The van der Waals surface area contributed by atoms with Crippen LogP contribution in [0.25, 0.3) is 0 Å². The number of hydrogen-bond acceptors (Lipinski definition) is 10. The lowest BCUT2D eigenvalue weighted by atomic mass is 9.96. The Labute approximate surface area is 299 Å². The van der Waals surface area contributed by atoms with Crippen molar-refractivity contribution in [2.24, 2.45) is 23.3 Å². The molecular formula is C34H57N7O8S. The van der Waals surface area contributed by atoms with E-state index in [0.717, 1.165) is 0 Å². The third-order valence-electron chi connectivity index (χ3n) is 8.30. The summed E-state index contributed by atoms with van der Waals surface area (Å²) in [6, 6.07) is 1.94. The van der Waals surface area contributed by atoms with Gasteiger partial charge in [-0.2, -0.15) is 11.8 Å². The Morgan fingerprint density at radius 1 is 0.760 bits per heavy atom. The van der Waals surface area contributed by atoms with E-state index in [2.05, 4.69) is 26.6 Å². The smallest absolute Gasteiger partial charge is 0.326 e. The van der Waals surface area contributed by atoms with Gasteiger partial charge in [0.15, 0.2) is 0 Å². The number of unbranched alkanes of at least 4 members (excludes halogenated alkanes) is 1. The molecule has 16 heteroatoms. The molecule has 7 atom stereocenters. The molecule has 0 fully saturated rings. The third kappa shape index (κ3) is 15.4. The van der Waals surface area contributed by atoms with Crippen molar-refractivity contribution in [1.29, 1.82) is 0 Å².